The second kappa shape index (κ2) is 5.25. The molecule has 1 aliphatic carbocycles. The van der Waals surface area contributed by atoms with Crippen LogP contribution in [0.1, 0.15) is 32.1 Å². The number of nitrogens with zero attached hydrogens (tertiary/aromatic N) is 1. The quantitative estimate of drug-likeness (QED) is 0.755. The predicted octanol–water partition coefficient (Wildman–Crippen LogP) is 3.39. The summed E-state index contributed by atoms with van der Waals surface area (Å²) >= 11 is 1.84. The molecule has 1 atom stereocenters. The zero-order valence-corrected chi connectivity index (χ0v) is 9.09. The second-order valence-corrected chi connectivity index (χ2v) is 4.84. The van der Waals surface area contributed by atoms with Crippen LogP contribution in [0.4, 0.5) is 0 Å². The number of hydrogen-bond acceptors (Lipinski definition) is 2. The summed E-state index contributed by atoms with van der Waals surface area (Å²) in [5.74, 6) is 0. The summed E-state index contributed by atoms with van der Waals surface area (Å²) in [6.07, 6.45) is 15.0. The minimum absolute atomic E-state index is 0.612. The van der Waals surface area contributed by atoms with E-state index >= 15 is 0 Å². The highest BCUT2D eigenvalue weighted by atomic mass is 32.2. The molecule has 3 heteroatoms. The van der Waals surface area contributed by atoms with Gasteiger partial charge in [0.15, 0.2) is 5.16 Å². The van der Waals surface area contributed by atoms with E-state index in [1.54, 1.807) is 0 Å². The van der Waals surface area contributed by atoms with E-state index in [9.17, 15) is 0 Å². The molecule has 1 N–H and O–H groups in total. The fourth-order valence-corrected chi connectivity index (χ4v) is 2.70. The molecule has 0 spiro atoms. The van der Waals surface area contributed by atoms with Gasteiger partial charge in [-0.3, -0.25) is 0 Å². The lowest BCUT2D eigenvalue weighted by Gasteiger charge is -2.12. The molecular weight excluding hydrogens is 192 g/mol. The monoisotopic (exact) mass is 208 g/mol. The van der Waals surface area contributed by atoms with Crippen molar-refractivity contribution >= 4 is 11.8 Å². The molecule has 1 aromatic heterocycles. The third kappa shape index (κ3) is 2.91. The van der Waals surface area contributed by atoms with Crippen LogP contribution >= 0.6 is 11.8 Å². The zero-order valence-electron chi connectivity index (χ0n) is 8.28. The van der Waals surface area contributed by atoms with Crippen LogP contribution in [0, 0.1) is 0 Å². The van der Waals surface area contributed by atoms with Gasteiger partial charge in [-0.05, 0) is 19.3 Å². The highest BCUT2D eigenvalue weighted by molar-refractivity contribution is 7.99. The van der Waals surface area contributed by atoms with Gasteiger partial charge < -0.3 is 4.98 Å². The van der Waals surface area contributed by atoms with Crippen molar-refractivity contribution in [1.29, 1.82) is 0 Å². The number of hydrogen-bond donors (Lipinski definition) is 1. The number of H-pyrrole nitrogens is 1. The first kappa shape index (κ1) is 9.84. The van der Waals surface area contributed by atoms with Gasteiger partial charge >= 0.3 is 0 Å². The summed E-state index contributed by atoms with van der Waals surface area (Å²) in [6, 6.07) is 0. The van der Waals surface area contributed by atoms with Crippen molar-refractivity contribution < 1.29 is 0 Å². The Hall–Kier alpha value is -0.700. The minimum atomic E-state index is 0.612. The maximum atomic E-state index is 4.24. The fraction of sp³-hybridized carbons (Fsp3) is 0.545. The van der Waals surface area contributed by atoms with E-state index in [-0.39, 0.29) is 0 Å². The van der Waals surface area contributed by atoms with Crippen molar-refractivity contribution in [3.63, 3.8) is 0 Å². The van der Waals surface area contributed by atoms with Gasteiger partial charge in [-0.1, -0.05) is 36.8 Å². The van der Waals surface area contributed by atoms with E-state index in [0.29, 0.717) is 5.25 Å². The summed E-state index contributed by atoms with van der Waals surface area (Å²) in [5.41, 5.74) is 0. The van der Waals surface area contributed by atoms with Gasteiger partial charge in [-0.15, -0.1) is 0 Å². The Morgan fingerprint density at radius 1 is 1.36 bits per heavy atom. The molecule has 0 saturated carbocycles. The van der Waals surface area contributed by atoms with Gasteiger partial charge in [-0.25, -0.2) is 4.98 Å². The average molecular weight is 208 g/mol. The standard InChI is InChI=1S/C11H16N2S/c1-2-4-6-10(7-5-3-1)14-11-12-8-9-13-11/h4,6,8-10H,1-3,5,7H2,(H,12,13)/b6-4-. The lowest BCUT2D eigenvalue weighted by molar-refractivity contribution is 0.643. The van der Waals surface area contributed by atoms with Crippen LogP contribution in [-0.4, -0.2) is 15.2 Å². The molecule has 0 aromatic carbocycles. The number of allylic oxidation sites excluding steroid dienone is 1. The average Bonchev–Trinajstić information content (AvgIpc) is 2.62. The Labute approximate surface area is 89.2 Å². The first-order valence-corrected chi connectivity index (χ1v) is 6.16. The normalized spacial score (nSPS) is 25.3. The molecule has 0 saturated heterocycles. The van der Waals surface area contributed by atoms with Gasteiger partial charge in [-0.2, -0.15) is 0 Å². The van der Waals surface area contributed by atoms with Crippen LogP contribution in [0.5, 0.6) is 0 Å². The predicted molar refractivity (Wildman–Crippen MR) is 60.5 cm³/mol. The highest BCUT2D eigenvalue weighted by Crippen LogP contribution is 2.26. The van der Waals surface area contributed by atoms with Crippen LogP contribution < -0.4 is 0 Å². The Balaban J connectivity index is 1.92. The molecule has 0 bridgehead atoms. The number of aromatic amines is 1. The first-order chi connectivity index (χ1) is 6.95. The molecule has 0 radical (unpaired) electrons. The SMILES string of the molecule is C1=C\C(Sc2ncc[nH]2)CCCCC/1. The molecule has 14 heavy (non-hydrogen) atoms. The van der Waals surface area contributed by atoms with Crippen molar-refractivity contribution in [3.05, 3.63) is 24.5 Å². The molecule has 0 amide bonds. The lowest BCUT2D eigenvalue weighted by Crippen LogP contribution is -2.00. The molecule has 0 aliphatic heterocycles. The topological polar surface area (TPSA) is 28.7 Å². The molecule has 1 aromatic rings. The molecular formula is C11H16N2S. The Morgan fingerprint density at radius 3 is 3.21 bits per heavy atom. The van der Waals surface area contributed by atoms with Crippen molar-refractivity contribution in [2.24, 2.45) is 0 Å². The molecule has 2 rings (SSSR count). The van der Waals surface area contributed by atoms with Crippen LogP contribution in [-0.2, 0) is 0 Å². The molecule has 76 valence electrons. The van der Waals surface area contributed by atoms with Crippen molar-refractivity contribution in [2.45, 2.75) is 42.5 Å². The van der Waals surface area contributed by atoms with Crippen LogP contribution in [0.3, 0.4) is 0 Å². The molecule has 2 nitrogen and oxygen atoms in total. The van der Waals surface area contributed by atoms with E-state index in [1.807, 2.05) is 24.2 Å². The van der Waals surface area contributed by atoms with Crippen molar-refractivity contribution in [2.75, 3.05) is 0 Å². The number of nitrogens with one attached hydrogen (secondary N) is 1. The zero-order chi connectivity index (χ0) is 9.64. The highest BCUT2D eigenvalue weighted by Gasteiger charge is 2.09. The van der Waals surface area contributed by atoms with E-state index in [2.05, 4.69) is 22.1 Å². The van der Waals surface area contributed by atoms with E-state index in [1.165, 1.54) is 32.1 Å². The first-order valence-electron chi connectivity index (χ1n) is 5.28. The lowest BCUT2D eigenvalue weighted by atomic mass is 10.1. The number of rotatable bonds is 2. The van der Waals surface area contributed by atoms with Crippen LogP contribution in [0.2, 0.25) is 0 Å². The molecule has 0 fully saturated rings. The van der Waals surface area contributed by atoms with Gasteiger partial charge in [0.25, 0.3) is 0 Å². The molecule has 1 aliphatic rings. The van der Waals surface area contributed by atoms with Crippen molar-refractivity contribution in [1.82, 2.24) is 9.97 Å². The van der Waals surface area contributed by atoms with Gasteiger partial charge in [0.05, 0.1) is 0 Å². The third-order valence-corrected chi connectivity index (χ3v) is 3.59. The Morgan fingerprint density at radius 2 is 2.36 bits per heavy atom. The summed E-state index contributed by atoms with van der Waals surface area (Å²) in [6.45, 7) is 0. The van der Waals surface area contributed by atoms with Crippen LogP contribution in [0.15, 0.2) is 29.7 Å². The molecule has 1 unspecified atom stereocenters. The fourth-order valence-electron chi connectivity index (χ4n) is 1.69. The van der Waals surface area contributed by atoms with Gasteiger partial charge in [0.2, 0.25) is 0 Å². The Bertz CT molecular complexity index is 279. The Kier molecular flexibility index (Phi) is 3.69. The van der Waals surface area contributed by atoms with E-state index in [4.69, 9.17) is 0 Å². The second-order valence-electron chi connectivity index (χ2n) is 3.62. The number of imidazole rings is 1. The maximum Gasteiger partial charge on any atom is 0.165 e. The summed E-state index contributed by atoms with van der Waals surface area (Å²) in [7, 11) is 0. The number of aromatic nitrogens is 2. The largest absolute Gasteiger partial charge is 0.340 e. The minimum Gasteiger partial charge on any atom is -0.340 e. The van der Waals surface area contributed by atoms with Gasteiger partial charge in [0, 0.05) is 17.6 Å². The maximum absolute atomic E-state index is 4.24. The van der Waals surface area contributed by atoms with E-state index < -0.39 is 0 Å². The van der Waals surface area contributed by atoms with Gasteiger partial charge in [0.1, 0.15) is 0 Å². The summed E-state index contributed by atoms with van der Waals surface area (Å²) in [5, 5.41) is 1.65. The van der Waals surface area contributed by atoms with Crippen molar-refractivity contribution in [3.8, 4) is 0 Å². The van der Waals surface area contributed by atoms with Crippen LogP contribution in [0.25, 0.3) is 0 Å². The summed E-state index contributed by atoms with van der Waals surface area (Å²) < 4.78 is 0. The number of thioether (sulfide) groups is 1. The van der Waals surface area contributed by atoms with E-state index in [0.717, 1.165) is 5.16 Å². The molecule has 1 heterocycles. The third-order valence-electron chi connectivity index (χ3n) is 2.45. The summed E-state index contributed by atoms with van der Waals surface area (Å²) in [4.78, 5) is 7.38. The smallest absolute Gasteiger partial charge is 0.165 e.